The summed E-state index contributed by atoms with van der Waals surface area (Å²) in [7, 11) is -12.3. The number of rotatable bonds is 5. The van der Waals surface area contributed by atoms with E-state index in [1.54, 1.807) is 0 Å². The van der Waals surface area contributed by atoms with E-state index in [4.69, 9.17) is 5.26 Å². The molecule has 0 aliphatic heterocycles. The Morgan fingerprint density at radius 2 is 1.47 bits per heavy atom. The van der Waals surface area contributed by atoms with E-state index >= 15 is 0 Å². The van der Waals surface area contributed by atoms with Crippen LogP contribution in [-0.4, -0.2) is 5.26 Å². The molecule has 84 valence electrons. The molecule has 0 aromatic heterocycles. The normalized spacial score (nSPS) is 13.2. The van der Waals surface area contributed by atoms with E-state index in [1.807, 2.05) is 13.8 Å². The molecule has 0 aromatic rings. The molecular weight excluding hydrogens is 330 g/mol. The van der Waals surface area contributed by atoms with E-state index in [-0.39, 0.29) is 88.7 Å². The van der Waals surface area contributed by atoms with Gasteiger partial charge in [-0.1, -0.05) is 18.2 Å². The third-order valence-corrected chi connectivity index (χ3v) is 3.20. The van der Waals surface area contributed by atoms with Gasteiger partial charge in [-0.15, -0.1) is 0 Å². The zero-order valence-corrected chi connectivity index (χ0v) is 18.7. The first kappa shape index (κ1) is 32.2. The molecule has 0 bridgehead atoms. The van der Waals surface area contributed by atoms with Crippen LogP contribution in [0.5, 0.6) is 0 Å². The fourth-order valence-electron chi connectivity index (χ4n) is 0.193. The molecule has 0 fully saturated rings. The molecule has 0 saturated carbocycles. The van der Waals surface area contributed by atoms with E-state index in [2.05, 4.69) is 13.3 Å². The summed E-state index contributed by atoms with van der Waals surface area (Å²) in [6, 6.07) is 0. The van der Waals surface area contributed by atoms with E-state index in [0.717, 1.165) is 0 Å². The summed E-state index contributed by atoms with van der Waals surface area (Å²) < 4.78 is 39.3. The molecule has 0 aliphatic carbocycles. The van der Waals surface area contributed by atoms with Gasteiger partial charge in [-0.3, -0.25) is 4.57 Å². The molecule has 0 saturated heterocycles. The first-order chi connectivity index (χ1) is 6.37. The fraction of sp³-hybridized carbons (Fsp3) is 1.00. The van der Waals surface area contributed by atoms with Crippen molar-refractivity contribution in [2.45, 2.75) is 13.8 Å². The first-order valence-corrected chi connectivity index (χ1v) is 6.66. The average molecular weight is 337 g/mol. The summed E-state index contributed by atoms with van der Waals surface area (Å²) in [5.74, 6) is 0. The van der Waals surface area contributed by atoms with Crippen molar-refractivity contribution in [3.05, 3.63) is 0 Å². The summed E-state index contributed by atoms with van der Waals surface area (Å²) in [4.78, 5) is 19.9. The van der Waals surface area contributed by atoms with Crippen LogP contribution >= 0.6 is 24.3 Å². The minimum atomic E-state index is -5.24. The molecule has 15 heteroatoms. The summed E-state index contributed by atoms with van der Waals surface area (Å²) in [6.45, 7) is 4.00. The molecule has 3 atom stereocenters. The second-order valence-electron chi connectivity index (χ2n) is 1.14. The zero-order valence-electron chi connectivity index (χ0n) is 10.1. The van der Waals surface area contributed by atoms with Gasteiger partial charge in [0.15, 0.2) is 0 Å². The summed E-state index contributed by atoms with van der Waals surface area (Å²) in [5.41, 5.74) is 0. The molecular formula is C2H7Na3O9P3+3. The van der Waals surface area contributed by atoms with Crippen molar-refractivity contribution < 1.29 is 131 Å². The molecule has 17 heavy (non-hydrogen) atoms. The standard InChI is InChI=1S/C2H6.3Na.HO9P3/c1-2;;;;1-7-11(4)9-12(5,6)8-10(2)3/h1-2H3;;;;(H-,1,5,6)/q;3*+1;. The van der Waals surface area contributed by atoms with E-state index < -0.39 is 24.3 Å². The van der Waals surface area contributed by atoms with Crippen molar-refractivity contribution in [2.24, 2.45) is 0 Å². The third-order valence-electron chi connectivity index (χ3n) is 0.400. The zero-order chi connectivity index (χ0) is 11.8. The van der Waals surface area contributed by atoms with Crippen LogP contribution < -0.4 is 98.5 Å². The topological polar surface area (TPSA) is 145 Å². The van der Waals surface area contributed by atoms with Crippen molar-refractivity contribution >= 4 is 24.3 Å². The van der Waals surface area contributed by atoms with E-state index in [1.165, 1.54) is 0 Å². The fourth-order valence-corrected chi connectivity index (χ4v) is 2.01. The number of phosphoric acid groups is 1. The van der Waals surface area contributed by atoms with Gasteiger partial charge < -0.3 is 9.79 Å². The van der Waals surface area contributed by atoms with E-state index in [0.29, 0.717) is 0 Å². The Morgan fingerprint density at radius 1 is 1.12 bits per heavy atom. The average Bonchev–Trinajstić information content (AvgIpc) is 2.04. The Labute approximate surface area is 166 Å². The van der Waals surface area contributed by atoms with Crippen molar-refractivity contribution in [3.63, 3.8) is 0 Å². The monoisotopic (exact) mass is 337 g/mol. The molecule has 0 rings (SSSR count). The van der Waals surface area contributed by atoms with Gasteiger partial charge in [-0.05, 0) is 8.88 Å². The van der Waals surface area contributed by atoms with E-state index in [9.17, 15) is 23.5 Å². The number of hydrogen-bond donors (Lipinski definition) is 1. The molecule has 0 aliphatic rings. The van der Waals surface area contributed by atoms with Crippen LogP contribution in [0.1, 0.15) is 13.8 Å². The molecule has 0 amide bonds. The molecule has 0 radical (unpaired) electrons. The van der Waals surface area contributed by atoms with Gasteiger partial charge in [0.1, 0.15) is 0 Å². The summed E-state index contributed by atoms with van der Waals surface area (Å²) in [5, 5.41) is 7.56. The van der Waals surface area contributed by atoms with Gasteiger partial charge in [0.25, 0.3) is 0 Å². The molecule has 0 heterocycles. The SMILES string of the molecule is CC.O=[P+]([O-])OP(=O)([O-])O[P+](=O)OO.[Na+].[Na+].[Na+]. The molecule has 3 unspecified atom stereocenters. The second-order valence-corrected chi connectivity index (χ2v) is 4.40. The van der Waals surface area contributed by atoms with Gasteiger partial charge >= 0.3 is 113 Å². The van der Waals surface area contributed by atoms with Gasteiger partial charge in [0, 0.05) is 4.57 Å². The van der Waals surface area contributed by atoms with Crippen molar-refractivity contribution in [2.75, 3.05) is 0 Å². The minimum absolute atomic E-state index is 0. The van der Waals surface area contributed by atoms with Crippen LogP contribution in [0, 0.1) is 0 Å². The van der Waals surface area contributed by atoms with Crippen LogP contribution in [0.2, 0.25) is 0 Å². The number of hydrogen-bond acceptors (Lipinski definition) is 9. The predicted molar refractivity (Wildman–Crippen MR) is 40.1 cm³/mol. The van der Waals surface area contributed by atoms with Crippen molar-refractivity contribution in [1.29, 1.82) is 0 Å². The van der Waals surface area contributed by atoms with Gasteiger partial charge in [0.2, 0.25) is 0 Å². The smallest absolute Gasteiger partial charge is 0.750 e. The van der Waals surface area contributed by atoms with Crippen LogP contribution in [0.4, 0.5) is 0 Å². The maximum atomic E-state index is 10.2. The first-order valence-electron chi connectivity index (χ1n) is 3.01. The van der Waals surface area contributed by atoms with Gasteiger partial charge in [0.05, 0.1) is 4.67 Å². The molecule has 0 aromatic carbocycles. The van der Waals surface area contributed by atoms with Crippen molar-refractivity contribution in [3.8, 4) is 0 Å². The Morgan fingerprint density at radius 3 is 1.71 bits per heavy atom. The minimum Gasteiger partial charge on any atom is -0.750 e. The van der Waals surface area contributed by atoms with Crippen LogP contribution in [0.3, 0.4) is 0 Å². The Hall–Kier alpha value is 3.19. The third kappa shape index (κ3) is 24.6. The van der Waals surface area contributed by atoms with Crippen LogP contribution in [-0.2, 0) is 27.0 Å². The molecule has 9 nitrogen and oxygen atoms in total. The largest absolute Gasteiger partial charge is 1.00 e. The Bertz CT molecular complexity index is 248. The maximum Gasteiger partial charge on any atom is 1.00 e. The molecule has 1 N–H and O–H groups in total. The summed E-state index contributed by atoms with van der Waals surface area (Å²) >= 11 is 0. The quantitative estimate of drug-likeness (QED) is 0.224. The Kier molecular flexibility index (Phi) is 36.4. The maximum absolute atomic E-state index is 10.2. The molecule has 0 spiro atoms. The van der Waals surface area contributed by atoms with Gasteiger partial charge in [-0.25, -0.2) is 5.26 Å². The Balaban J connectivity index is -0.0000000907. The van der Waals surface area contributed by atoms with Gasteiger partial charge in [-0.2, -0.15) is 0 Å². The summed E-state index contributed by atoms with van der Waals surface area (Å²) in [6.07, 6.45) is 0. The second kappa shape index (κ2) is 19.2. The predicted octanol–water partition coefficient (Wildman–Crippen LogP) is -8.31. The van der Waals surface area contributed by atoms with Crippen molar-refractivity contribution in [1.82, 2.24) is 0 Å². The van der Waals surface area contributed by atoms with Crippen LogP contribution in [0.15, 0.2) is 0 Å². The van der Waals surface area contributed by atoms with Crippen LogP contribution in [0.25, 0.3) is 0 Å².